The van der Waals surface area contributed by atoms with Crippen LogP contribution in [0.5, 0.6) is 0 Å². The van der Waals surface area contributed by atoms with E-state index < -0.39 is 0 Å². The first-order valence-electron chi connectivity index (χ1n) is 8.38. The molecule has 1 heterocycles. The Balaban J connectivity index is 1.55. The number of amides is 1. The fourth-order valence-corrected chi connectivity index (χ4v) is 5.50. The van der Waals surface area contributed by atoms with E-state index in [4.69, 9.17) is 0 Å². The number of likely N-dealkylation sites (N-methyl/N-ethyl adjacent to an activating group) is 1. The van der Waals surface area contributed by atoms with Gasteiger partial charge in [-0.25, -0.2) is 0 Å². The van der Waals surface area contributed by atoms with Gasteiger partial charge in [-0.2, -0.15) is 11.8 Å². The van der Waals surface area contributed by atoms with Crippen molar-refractivity contribution in [3.8, 4) is 0 Å². The third-order valence-corrected chi connectivity index (χ3v) is 6.64. The Kier molecular flexibility index (Phi) is 4.61. The summed E-state index contributed by atoms with van der Waals surface area (Å²) in [5, 5.41) is 0. The van der Waals surface area contributed by atoms with Crippen molar-refractivity contribution in [2.75, 3.05) is 31.9 Å². The minimum absolute atomic E-state index is 0.368. The number of carbonyl (C=O) groups excluding carboxylic acids is 1. The molecule has 114 valence electrons. The van der Waals surface area contributed by atoms with E-state index >= 15 is 0 Å². The summed E-state index contributed by atoms with van der Waals surface area (Å²) in [6.45, 7) is 5.90. The van der Waals surface area contributed by atoms with E-state index in [1.54, 1.807) is 0 Å². The number of carbonyl (C=O) groups is 1. The van der Waals surface area contributed by atoms with Gasteiger partial charge in [0.15, 0.2) is 0 Å². The van der Waals surface area contributed by atoms with E-state index in [1.807, 2.05) is 0 Å². The highest BCUT2D eigenvalue weighted by atomic mass is 32.2. The van der Waals surface area contributed by atoms with E-state index in [2.05, 4.69) is 28.5 Å². The quantitative estimate of drug-likeness (QED) is 0.797. The highest BCUT2D eigenvalue weighted by molar-refractivity contribution is 8.00. The van der Waals surface area contributed by atoms with Crippen molar-refractivity contribution in [3.05, 3.63) is 0 Å². The molecular weight excluding hydrogens is 268 g/mol. The second kappa shape index (κ2) is 6.27. The monoisotopic (exact) mass is 296 g/mol. The van der Waals surface area contributed by atoms with Gasteiger partial charge in [0.2, 0.25) is 5.91 Å². The molecule has 0 aromatic carbocycles. The van der Waals surface area contributed by atoms with E-state index in [-0.39, 0.29) is 0 Å². The molecule has 0 aromatic rings. The number of nitrogens with zero attached hydrogens (tertiary/aromatic N) is 2. The summed E-state index contributed by atoms with van der Waals surface area (Å²) < 4.78 is 0.480. The lowest BCUT2D eigenvalue weighted by atomic mass is 9.87. The van der Waals surface area contributed by atoms with Crippen molar-refractivity contribution in [3.63, 3.8) is 0 Å². The summed E-state index contributed by atoms with van der Waals surface area (Å²) >= 11 is 2.18. The standard InChI is InChI=1S/C16H28N2OS/c1-2-18(14-6-7-14)15(19)12-17-10-11-20-16(13-17)8-4-3-5-9-16/h14H,2-13H2,1H3. The smallest absolute Gasteiger partial charge is 0.236 e. The largest absolute Gasteiger partial charge is 0.339 e. The number of hydrogen-bond acceptors (Lipinski definition) is 3. The highest BCUT2D eigenvalue weighted by Crippen LogP contribution is 2.42. The molecule has 3 rings (SSSR count). The fraction of sp³-hybridized carbons (Fsp3) is 0.938. The van der Waals surface area contributed by atoms with Crippen LogP contribution in [0.3, 0.4) is 0 Å². The van der Waals surface area contributed by atoms with Crippen LogP contribution in [-0.2, 0) is 4.79 Å². The first-order chi connectivity index (χ1) is 9.72. The van der Waals surface area contributed by atoms with Crippen molar-refractivity contribution in [1.29, 1.82) is 0 Å². The van der Waals surface area contributed by atoms with E-state index in [1.165, 1.54) is 50.7 Å². The summed E-state index contributed by atoms with van der Waals surface area (Å²) in [6, 6.07) is 0.565. The van der Waals surface area contributed by atoms with Gasteiger partial charge >= 0.3 is 0 Å². The lowest BCUT2D eigenvalue weighted by Crippen LogP contribution is -2.51. The molecule has 1 aliphatic heterocycles. The summed E-state index contributed by atoms with van der Waals surface area (Å²) in [4.78, 5) is 17.0. The summed E-state index contributed by atoms with van der Waals surface area (Å²) in [5.41, 5.74) is 0. The van der Waals surface area contributed by atoms with E-state index in [0.717, 1.165) is 19.6 Å². The van der Waals surface area contributed by atoms with Gasteiger partial charge in [0.1, 0.15) is 0 Å². The van der Waals surface area contributed by atoms with Crippen molar-refractivity contribution in [2.45, 2.75) is 62.7 Å². The molecule has 2 saturated carbocycles. The molecule has 0 N–H and O–H groups in total. The molecule has 3 fully saturated rings. The highest BCUT2D eigenvalue weighted by Gasteiger charge is 2.38. The van der Waals surface area contributed by atoms with Gasteiger partial charge in [-0.15, -0.1) is 0 Å². The normalized spacial score (nSPS) is 26.6. The maximum Gasteiger partial charge on any atom is 0.236 e. The zero-order valence-corrected chi connectivity index (χ0v) is 13.6. The Morgan fingerprint density at radius 2 is 2.05 bits per heavy atom. The van der Waals surface area contributed by atoms with Crippen LogP contribution in [0, 0.1) is 0 Å². The van der Waals surface area contributed by atoms with Crippen LogP contribution in [0.25, 0.3) is 0 Å². The molecule has 3 nitrogen and oxygen atoms in total. The molecule has 0 radical (unpaired) electrons. The molecule has 0 atom stereocenters. The Labute approximate surface area is 127 Å². The zero-order valence-electron chi connectivity index (χ0n) is 12.8. The van der Waals surface area contributed by atoms with Crippen LogP contribution >= 0.6 is 11.8 Å². The summed E-state index contributed by atoms with van der Waals surface area (Å²) in [6.07, 6.45) is 9.35. The van der Waals surface area contributed by atoms with Crippen LogP contribution < -0.4 is 0 Å². The van der Waals surface area contributed by atoms with Gasteiger partial charge in [-0.1, -0.05) is 19.3 Å². The van der Waals surface area contributed by atoms with Crippen molar-refractivity contribution in [1.82, 2.24) is 9.80 Å². The first-order valence-corrected chi connectivity index (χ1v) is 9.37. The van der Waals surface area contributed by atoms with Crippen LogP contribution in [0.1, 0.15) is 51.9 Å². The topological polar surface area (TPSA) is 23.6 Å². The molecule has 0 unspecified atom stereocenters. The van der Waals surface area contributed by atoms with Crippen molar-refractivity contribution in [2.24, 2.45) is 0 Å². The Bertz CT molecular complexity index is 345. The third kappa shape index (κ3) is 3.33. The fourth-order valence-electron chi connectivity index (χ4n) is 3.86. The van der Waals surface area contributed by atoms with Gasteiger partial charge in [-0.3, -0.25) is 9.69 Å². The minimum Gasteiger partial charge on any atom is -0.339 e. The molecule has 20 heavy (non-hydrogen) atoms. The molecule has 0 bridgehead atoms. The lowest BCUT2D eigenvalue weighted by Gasteiger charge is -2.44. The van der Waals surface area contributed by atoms with Crippen molar-refractivity contribution < 1.29 is 4.79 Å². The lowest BCUT2D eigenvalue weighted by molar-refractivity contribution is -0.132. The number of thioether (sulfide) groups is 1. The predicted molar refractivity (Wildman–Crippen MR) is 85.1 cm³/mol. The van der Waals surface area contributed by atoms with Crippen molar-refractivity contribution >= 4 is 17.7 Å². The summed E-state index contributed by atoms with van der Waals surface area (Å²) in [5.74, 6) is 1.58. The second-order valence-electron chi connectivity index (χ2n) is 6.71. The summed E-state index contributed by atoms with van der Waals surface area (Å²) in [7, 11) is 0. The molecule has 1 amide bonds. The maximum atomic E-state index is 12.5. The molecular formula is C16H28N2OS. The second-order valence-corrected chi connectivity index (χ2v) is 8.28. The van der Waals surface area contributed by atoms with E-state index in [9.17, 15) is 4.79 Å². The average Bonchev–Trinajstić information content (AvgIpc) is 3.25. The molecule has 1 saturated heterocycles. The average molecular weight is 296 g/mol. The van der Waals surface area contributed by atoms with Gasteiger partial charge in [-0.05, 0) is 32.6 Å². The number of rotatable bonds is 4. The third-order valence-electron chi connectivity index (χ3n) is 5.10. The minimum atomic E-state index is 0.368. The molecule has 0 aromatic heterocycles. The number of hydrogen-bond donors (Lipinski definition) is 0. The van der Waals surface area contributed by atoms with E-state index in [0.29, 0.717) is 23.2 Å². The van der Waals surface area contributed by atoms with Gasteiger partial charge in [0, 0.05) is 36.2 Å². The van der Waals surface area contributed by atoms with Gasteiger partial charge in [0.05, 0.1) is 6.54 Å². The Hall–Kier alpha value is -0.220. The van der Waals surface area contributed by atoms with Gasteiger partial charge in [0.25, 0.3) is 0 Å². The molecule has 3 aliphatic rings. The predicted octanol–water partition coefficient (Wildman–Crippen LogP) is 2.75. The van der Waals surface area contributed by atoms with Gasteiger partial charge < -0.3 is 4.90 Å². The van der Waals surface area contributed by atoms with Crippen LogP contribution in [0.4, 0.5) is 0 Å². The zero-order chi connectivity index (χ0) is 14.0. The van der Waals surface area contributed by atoms with Crippen LogP contribution in [-0.4, -0.2) is 58.4 Å². The Morgan fingerprint density at radius 1 is 1.30 bits per heavy atom. The molecule has 4 heteroatoms. The Morgan fingerprint density at radius 3 is 2.70 bits per heavy atom. The molecule has 1 spiro atoms. The first kappa shape index (κ1) is 14.7. The van der Waals surface area contributed by atoms with Crippen LogP contribution in [0.15, 0.2) is 0 Å². The maximum absolute atomic E-state index is 12.5. The SMILES string of the molecule is CCN(C(=O)CN1CCSC2(CCCCC2)C1)C1CC1. The van der Waals surface area contributed by atoms with Crippen LogP contribution in [0.2, 0.25) is 0 Å². The molecule has 2 aliphatic carbocycles.